The van der Waals surface area contributed by atoms with Gasteiger partial charge in [0.25, 0.3) is 0 Å². The molecule has 2 nitrogen and oxygen atoms in total. The topological polar surface area (TPSA) is 21.6 Å². The van der Waals surface area contributed by atoms with Crippen LogP contribution in [0, 0.1) is 0 Å². The molecule has 0 heterocycles. The van der Waals surface area contributed by atoms with Crippen LogP contribution in [0.2, 0.25) is 0 Å². The standard InChI is InChI=1S/C10H13NO/c1-8(12-3)9-6-4-5-7-10(9)11-2/h4-7H,1-3H3/b9-8+,11-10?. The minimum absolute atomic E-state index is 0.899. The third-order valence-electron chi connectivity index (χ3n) is 1.83. The number of allylic oxidation sites excluding steroid dienone is 6. The molecular weight excluding hydrogens is 150 g/mol. The van der Waals surface area contributed by atoms with Crippen molar-refractivity contribution in [2.75, 3.05) is 14.2 Å². The molecule has 0 atom stereocenters. The lowest BCUT2D eigenvalue weighted by atomic mass is 10.0. The predicted octanol–water partition coefficient (Wildman–Crippen LogP) is 2.10. The Kier molecular flexibility index (Phi) is 2.86. The summed E-state index contributed by atoms with van der Waals surface area (Å²) in [4.78, 5) is 4.14. The van der Waals surface area contributed by atoms with Crippen LogP contribution in [-0.4, -0.2) is 19.9 Å². The van der Waals surface area contributed by atoms with Crippen LogP contribution in [-0.2, 0) is 4.74 Å². The Bertz CT molecular complexity index is 282. The van der Waals surface area contributed by atoms with Gasteiger partial charge in [-0.15, -0.1) is 0 Å². The van der Waals surface area contributed by atoms with Crippen LogP contribution in [0.1, 0.15) is 6.92 Å². The van der Waals surface area contributed by atoms with Crippen LogP contribution < -0.4 is 0 Å². The zero-order valence-corrected chi connectivity index (χ0v) is 7.66. The smallest absolute Gasteiger partial charge is 0.102 e. The fraction of sp³-hybridized carbons (Fsp3) is 0.300. The van der Waals surface area contributed by atoms with Gasteiger partial charge in [0.05, 0.1) is 12.8 Å². The number of rotatable bonds is 1. The fourth-order valence-corrected chi connectivity index (χ4v) is 1.08. The molecule has 12 heavy (non-hydrogen) atoms. The summed E-state index contributed by atoms with van der Waals surface area (Å²) in [5.41, 5.74) is 2.03. The maximum Gasteiger partial charge on any atom is 0.102 e. The molecule has 0 aromatic carbocycles. The van der Waals surface area contributed by atoms with Crippen molar-refractivity contribution in [2.24, 2.45) is 4.99 Å². The number of aliphatic imine (C=N–C) groups is 1. The van der Waals surface area contributed by atoms with E-state index in [1.165, 1.54) is 0 Å². The summed E-state index contributed by atoms with van der Waals surface area (Å²) in [7, 11) is 3.45. The average Bonchev–Trinajstić information content (AvgIpc) is 2.16. The second-order valence-electron chi connectivity index (χ2n) is 2.50. The lowest BCUT2D eigenvalue weighted by Gasteiger charge is -2.09. The zero-order valence-electron chi connectivity index (χ0n) is 7.66. The highest BCUT2D eigenvalue weighted by Gasteiger charge is 2.06. The molecule has 0 amide bonds. The Morgan fingerprint density at radius 3 is 2.58 bits per heavy atom. The van der Waals surface area contributed by atoms with E-state index in [1.807, 2.05) is 31.2 Å². The lowest BCUT2D eigenvalue weighted by Crippen LogP contribution is -2.03. The average molecular weight is 163 g/mol. The van der Waals surface area contributed by atoms with Gasteiger partial charge in [-0.2, -0.15) is 0 Å². The summed E-state index contributed by atoms with van der Waals surface area (Å²) >= 11 is 0. The van der Waals surface area contributed by atoms with Gasteiger partial charge in [0.15, 0.2) is 0 Å². The van der Waals surface area contributed by atoms with Crippen molar-refractivity contribution in [3.8, 4) is 0 Å². The molecule has 0 N–H and O–H groups in total. The molecule has 1 aliphatic carbocycles. The van der Waals surface area contributed by atoms with Crippen molar-refractivity contribution in [3.63, 3.8) is 0 Å². The van der Waals surface area contributed by atoms with Crippen molar-refractivity contribution in [2.45, 2.75) is 6.92 Å². The third kappa shape index (κ3) is 1.64. The summed E-state index contributed by atoms with van der Waals surface area (Å²) in [6.45, 7) is 1.93. The largest absolute Gasteiger partial charge is 0.501 e. The number of hydrogen-bond acceptors (Lipinski definition) is 2. The van der Waals surface area contributed by atoms with E-state index >= 15 is 0 Å². The second-order valence-corrected chi connectivity index (χ2v) is 2.50. The zero-order chi connectivity index (χ0) is 8.97. The van der Waals surface area contributed by atoms with Crippen LogP contribution in [0.5, 0.6) is 0 Å². The second kappa shape index (κ2) is 3.90. The number of ether oxygens (including phenoxy) is 1. The van der Waals surface area contributed by atoms with E-state index in [0.29, 0.717) is 0 Å². The fourth-order valence-electron chi connectivity index (χ4n) is 1.08. The highest BCUT2D eigenvalue weighted by Crippen LogP contribution is 2.13. The molecule has 0 unspecified atom stereocenters. The van der Waals surface area contributed by atoms with E-state index in [2.05, 4.69) is 4.99 Å². The molecule has 64 valence electrons. The van der Waals surface area contributed by atoms with E-state index in [0.717, 1.165) is 17.0 Å². The number of hydrogen-bond donors (Lipinski definition) is 0. The van der Waals surface area contributed by atoms with Crippen LogP contribution in [0.15, 0.2) is 40.6 Å². The van der Waals surface area contributed by atoms with Gasteiger partial charge in [-0.1, -0.05) is 12.2 Å². The maximum absolute atomic E-state index is 5.14. The molecular formula is C10H13NO. The van der Waals surface area contributed by atoms with Gasteiger partial charge in [-0.05, 0) is 19.1 Å². The summed E-state index contributed by atoms with van der Waals surface area (Å²) in [6.07, 6.45) is 7.92. The summed E-state index contributed by atoms with van der Waals surface area (Å²) in [6, 6.07) is 0. The van der Waals surface area contributed by atoms with Gasteiger partial charge in [-0.25, -0.2) is 0 Å². The maximum atomic E-state index is 5.14. The van der Waals surface area contributed by atoms with Gasteiger partial charge in [0.1, 0.15) is 5.76 Å². The molecule has 0 fully saturated rings. The van der Waals surface area contributed by atoms with Crippen LogP contribution in [0.4, 0.5) is 0 Å². The molecule has 0 spiro atoms. The molecule has 0 saturated heterocycles. The Hall–Kier alpha value is -1.31. The summed E-state index contributed by atoms with van der Waals surface area (Å²) in [5.74, 6) is 0.899. The van der Waals surface area contributed by atoms with Gasteiger partial charge in [0.2, 0.25) is 0 Å². The summed E-state index contributed by atoms with van der Waals surface area (Å²) in [5, 5.41) is 0. The van der Waals surface area contributed by atoms with Crippen molar-refractivity contribution in [1.29, 1.82) is 0 Å². The quantitative estimate of drug-likeness (QED) is 0.542. The normalized spacial score (nSPS) is 23.1. The Morgan fingerprint density at radius 2 is 2.00 bits per heavy atom. The molecule has 0 aliphatic heterocycles. The monoisotopic (exact) mass is 163 g/mol. The first kappa shape index (κ1) is 8.78. The molecule has 0 aromatic rings. The van der Waals surface area contributed by atoms with Gasteiger partial charge >= 0.3 is 0 Å². The molecule has 0 saturated carbocycles. The van der Waals surface area contributed by atoms with Crippen molar-refractivity contribution < 1.29 is 4.74 Å². The summed E-state index contributed by atoms with van der Waals surface area (Å²) < 4.78 is 5.14. The Morgan fingerprint density at radius 1 is 1.33 bits per heavy atom. The molecule has 2 heteroatoms. The first-order chi connectivity index (χ1) is 5.79. The third-order valence-corrected chi connectivity index (χ3v) is 1.83. The molecule has 0 aromatic heterocycles. The van der Waals surface area contributed by atoms with E-state index < -0.39 is 0 Å². The van der Waals surface area contributed by atoms with Crippen LogP contribution in [0.3, 0.4) is 0 Å². The molecule has 0 radical (unpaired) electrons. The molecule has 1 aliphatic rings. The van der Waals surface area contributed by atoms with Crippen LogP contribution in [0.25, 0.3) is 0 Å². The number of methoxy groups -OCH3 is 1. The van der Waals surface area contributed by atoms with Crippen LogP contribution >= 0.6 is 0 Å². The first-order valence-electron chi connectivity index (χ1n) is 3.86. The minimum atomic E-state index is 0.899. The Balaban J connectivity index is 3.06. The van der Waals surface area contributed by atoms with Gasteiger partial charge in [-0.3, -0.25) is 4.99 Å². The van der Waals surface area contributed by atoms with Crippen molar-refractivity contribution in [3.05, 3.63) is 35.6 Å². The minimum Gasteiger partial charge on any atom is -0.501 e. The lowest BCUT2D eigenvalue weighted by molar-refractivity contribution is 0.292. The SMILES string of the molecule is CN=C1C=CC=C/C1=C(/C)OC. The highest BCUT2D eigenvalue weighted by atomic mass is 16.5. The van der Waals surface area contributed by atoms with E-state index in [1.54, 1.807) is 14.2 Å². The van der Waals surface area contributed by atoms with E-state index in [9.17, 15) is 0 Å². The highest BCUT2D eigenvalue weighted by molar-refractivity contribution is 6.11. The van der Waals surface area contributed by atoms with Gasteiger partial charge in [0, 0.05) is 12.6 Å². The van der Waals surface area contributed by atoms with E-state index in [-0.39, 0.29) is 0 Å². The predicted molar refractivity (Wildman–Crippen MR) is 51.3 cm³/mol. The van der Waals surface area contributed by atoms with Gasteiger partial charge < -0.3 is 4.74 Å². The first-order valence-corrected chi connectivity index (χ1v) is 3.86. The Labute approximate surface area is 73.0 Å². The molecule has 1 rings (SSSR count). The van der Waals surface area contributed by atoms with Crippen molar-refractivity contribution in [1.82, 2.24) is 0 Å². The number of nitrogens with zero attached hydrogens (tertiary/aromatic N) is 1. The van der Waals surface area contributed by atoms with E-state index in [4.69, 9.17) is 4.74 Å². The van der Waals surface area contributed by atoms with Crippen molar-refractivity contribution >= 4 is 5.71 Å². The molecule has 0 bridgehead atoms.